The highest BCUT2D eigenvalue weighted by molar-refractivity contribution is 7.17. The number of carbonyl (C=O) groups excluding carboxylic acids is 2. The second-order valence-corrected chi connectivity index (χ2v) is 7.96. The molecule has 0 saturated heterocycles. The molecule has 6 N–H and O–H groups in total. The van der Waals surface area contributed by atoms with Gasteiger partial charge in [-0.2, -0.15) is 0 Å². The lowest BCUT2D eigenvalue weighted by Crippen LogP contribution is -2.37. The van der Waals surface area contributed by atoms with Crippen LogP contribution in [0.25, 0.3) is 0 Å². The molecule has 2 heterocycles. The van der Waals surface area contributed by atoms with E-state index in [0.29, 0.717) is 53.9 Å². The smallest absolute Gasteiger partial charge is 0.404 e. The van der Waals surface area contributed by atoms with E-state index in [0.717, 1.165) is 10.4 Å². The first-order valence-electron chi connectivity index (χ1n) is 8.80. The minimum absolute atomic E-state index is 0.313. The number of halogens is 1. The van der Waals surface area contributed by atoms with Crippen molar-refractivity contribution in [2.45, 2.75) is 13.0 Å². The molecule has 0 spiro atoms. The summed E-state index contributed by atoms with van der Waals surface area (Å²) in [6.07, 6.45) is -0.467. The number of carboxylic acid groups (broad SMARTS) is 1. The van der Waals surface area contributed by atoms with Crippen molar-refractivity contribution in [2.24, 2.45) is 5.73 Å². The molecule has 0 unspecified atom stereocenters. The monoisotopic (exact) mass is 437 g/mol. The van der Waals surface area contributed by atoms with E-state index in [1.165, 1.54) is 11.3 Å². The Kier molecular flexibility index (Phi) is 6.57. The maximum atomic E-state index is 12.3. The highest BCUT2D eigenvalue weighted by Crippen LogP contribution is 2.37. The van der Waals surface area contributed by atoms with Crippen LogP contribution in [-0.2, 0) is 13.0 Å². The number of anilines is 2. The van der Waals surface area contributed by atoms with Gasteiger partial charge in [-0.25, -0.2) is 9.59 Å². The molecule has 1 aliphatic rings. The normalized spacial score (nSPS) is 13.4. The van der Waals surface area contributed by atoms with Gasteiger partial charge in [-0.3, -0.25) is 15.0 Å². The number of thiophene rings is 1. The number of nitrogens with two attached hydrogens (primary N) is 1. The molecule has 0 atom stereocenters. The maximum absolute atomic E-state index is 12.3. The third-order valence-corrected chi connectivity index (χ3v) is 5.80. The summed E-state index contributed by atoms with van der Waals surface area (Å²) in [6, 6.07) is 6.16. The molecule has 0 aliphatic carbocycles. The van der Waals surface area contributed by atoms with Crippen molar-refractivity contribution in [3.05, 3.63) is 45.3 Å². The Morgan fingerprint density at radius 3 is 2.59 bits per heavy atom. The van der Waals surface area contributed by atoms with Crippen LogP contribution in [0.3, 0.4) is 0 Å². The van der Waals surface area contributed by atoms with E-state index in [2.05, 4.69) is 20.9 Å². The molecule has 1 aromatic carbocycles. The molecule has 0 bridgehead atoms. The summed E-state index contributed by atoms with van der Waals surface area (Å²) < 4.78 is 0. The number of benzene rings is 1. The number of amides is 4. The zero-order valence-corrected chi connectivity index (χ0v) is 16.9. The van der Waals surface area contributed by atoms with Crippen LogP contribution < -0.4 is 21.7 Å². The third-order valence-electron chi connectivity index (χ3n) is 4.42. The van der Waals surface area contributed by atoms with Gasteiger partial charge in [-0.1, -0.05) is 11.6 Å². The fourth-order valence-corrected chi connectivity index (χ4v) is 4.53. The molecule has 11 heteroatoms. The molecule has 3 rings (SSSR count). The van der Waals surface area contributed by atoms with Gasteiger partial charge in [-0.05, 0) is 36.2 Å². The molecule has 2 aromatic rings. The van der Waals surface area contributed by atoms with Gasteiger partial charge in [0.2, 0.25) is 0 Å². The first-order valence-corrected chi connectivity index (χ1v) is 10.00. The molecule has 154 valence electrons. The lowest BCUT2D eigenvalue weighted by atomic mass is 10.0. The number of carbonyl (C=O) groups is 3. The molecule has 0 saturated carbocycles. The molecule has 29 heavy (non-hydrogen) atoms. The summed E-state index contributed by atoms with van der Waals surface area (Å²) in [5, 5.41) is 17.4. The number of urea groups is 1. The van der Waals surface area contributed by atoms with E-state index in [4.69, 9.17) is 22.4 Å². The van der Waals surface area contributed by atoms with Crippen molar-refractivity contribution in [3.8, 4) is 0 Å². The average Bonchev–Trinajstić information content (AvgIpc) is 3.00. The lowest BCUT2D eigenvalue weighted by molar-refractivity contribution is 0.0999. The first-order chi connectivity index (χ1) is 13.8. The van der Waals surface area contributed by atoms with Crippen LogP contribution in [0, 0.1) is 0 Å². The van der Waals surface area contributed by atoms with Crippen LogP contribution in [0.5, 0.6) is 0 Å². The van der Waals surface area contributed by atoms with Crippen molar-refractivity contribution < 1.29 is 19.5 Å². The van der Waals surface area contributed by atoms with Gasteiger partial charge in [0.05, 0.1) is 5.56 Å². The Morgan fingerprint density at radius 1 is 1.21 bits per heavy atom. The van der Waals surface area contributed by atoms with Gasteiger partial charge in [-0.15, -0.1) is 11.3 Å². The van der Waals surface area contributed by atoms with Crippen molar-refractivity contribution in [1.82, 2.24) is 10.2 Å². The van der Waals surface area contributed by atoms with Crippen LogP contribution in [0.1, 0.15) is 20.8 Å². The van der Waals surface area contributed by atoms with Crippen LogP contribution in [0.15, 0.2) is 24.3 Å². The van der Waals surface area contributed by atoms with Crippen LogP contribution in [0.4, 0.5) is 20.3 Å². The Bertz CT molecular complexity index is 931. The molecule has 1 aromatic heterocycles. The number of nitrogens with one attached hydrogen (secondary N) is 3. The fourth-order valence-electron chi connectivity index (χ4n) is 3.12. The molecular weight excluding hydrogens is 418 g/mol. The summed E-state index contributed by atoms with van der Waals surface area (Å²) in [6.45, 7) is 2.09. The minimum atomic E-state index is -1.06. The largest absolute Gasteiger partial charge is 0.465 e. The Hall–Kier alpha value is -2.82. The Morgan fingerprint density at radius 2 is 1.93 bits per heavy atom. The second-order valence-electron chi connectivity index (χ2n) is 6.42. The maximum Gasteiger partial charge on any atom is 0.404 e. The van der Waals surface area contributed by atoms with Gasteiger partial charge in [0, 0.05) is 41.8 Å². The lowest BCUT2D eigenvalue weighted by Gasteiger charge is -2.26. The molecule has 0 fully saturated rings. The SMILES string of the molecule is NC(=O)c1c(NC(=O)Nc2ccc(Cl)cc2)sc2c1CCN(CCNC(=O)O)C2. The summed E-state index contributed by atoms with van der Waals surface area (Å²) in [5.74, 6) is -0.592. The predicted octanol–water partition coefficient (Wildman–Crippen LogP) is 2.77. The Balaban J connectivity index is 1.70. The van der Waals surface area contributed by atoms with Gasteiger partial charge in [0.25, 0.3) is 5.91 Å². The van der Waals surface area contributed by atoms with E-state index < -0.39 is 18.0 Å². The van der Waals surface area contributed by atoms with Crippen LogP contribution >= 0.6 is 22.9 Å². The van der Waals surface area contributed by atoms with Gasteiger partial charge >= 0.3 is 12.1 Å². The average molecular weight is 438 g/mol. The molecular formula is C18H20ClN5O4S. The van der Waals surface area contributed by atoms with Crippen LogP contribution in [-0.4, -0.2) is 47.7 Å². The van der Waals surface area contributed by atoms with E-state index in [1.54, 1.807) is 24.3 Å². The van der Waals surface area contributed by atoms with E-state index in [1.807, 2.05) is 0 Å². The standard InChI is InChI=1S/C18H20ClN5O4S/c19-10-1-3-11(4-2-10)22-17(26)23-16-14(15(20)25)12-5-7-24(9-13(12)29-16)8-6-21-18(27)28/h1-4,21H,5-9H2,(H2,20,25)(H,27,28)(H2,22,23,26). The highest BCUT2D eigenvalue weighted by atomic mass is 35.5. The summed E-state index contributed by atoms with van der Waals surface area (Å²) >= 11 is 7.14. The fraction of sp³-hybridized carbons (Fsp3) is 0.278. The van der Waals surface area contributed by atoms with E-state index >= 15 is 0 Å². The first kappa shape index (κ1) is 20.9. The zero-order valence-electron chi connectivity index (χ0n) is 15.3. The van der Waals surface area contributed by atoms with Gasteiger partial charge in [0.1, 0.15) is 5.00 Å². The molecule has 0 radical (unpaired) electrons. The summed E-state index contributed by atoms with van der Waals surface area (Å²) in [7, 11) is 0. The summed E-state index contributed by atoms with van der Waals surface area (Å²) in [5.41, 5.74) is 7.30. The minimum Gasteiger partial charge on any atom is -0.465 e. The third kappa shape index (κ3) is 5.37. The van der Waals surface area contributed by atoms with Gasteiger partial charge < -0.3 is 21.5 Å². The van der Waals surface area contributed by atoms with Crippen molar-refractivity contribution in [3.63, 3.8) is 0 Å². The molecule has 9 nitrogen and oxygen atoms in total. The van der Waals surface area contributed by atoms with Gasteiger partial charge in [0.15, 0.2) is 0 Å². The Labute approximate surface area is 175 Å². The van der Waals surface area contributed by atoms with Crippen molar-refractivity contribution in [1.29, 1.82) is 0 Å². The van der Waals surface area contributed by atoms with Crippen LogP contribution in [0.2, 0.25) is 5.02 Å². The predicted molar refractivity (Wildman–Crippen MR) is 112 cm³/mol. The number of rotatable bonds is 6. The topological polar surface area (TPSA) is 137 Å². The molecule has 4 amide bonds. The molecule has 1 aliphatic heterocycles. The quantitative estimate of drug-likeness (QED) is 0.473. The highest BCUT2D eigenvalue weighted by Gasteiger charge is 2.27. The number of nitrogens with zero attached hydrogens (tertiary/aromatic N) is 1. The summed E-state index contributed by atoms with van der Waals surface area (Å²) in [4.78, 5) is 38.0. The van der Waals surface area contributed by atoms with E-state index in [9.17, 15) is 14.4 Å². The van der Waals surface area contributed by atoms with Crippen molar-refractivity contribution >= 4 is 51.7 Å². The van der Waals surface area contributed by atoms with Crippen molar-refractivity contribution in [2.75, 3.05) is 30.3 Å². The number of primary amides is 1. The number of hydrogen-bond acceptors (Lipinski definition) is 5. The van der Waals surface area contributed by atoms with E-state index in [-0.39, 0.29) is 0 Å². The second kappa shape index (κ2) is 9.12. The number of fused-ring (bicyclic) bond motifs is 1. The number of hydrogen-bond donors (Lipinski definition) is 5. The zero-order chi connectivity index (χ0) is 21.0.